The van der Waals surface area contributed by atoms with Gasteiger partial charge in [0, 0.05) is 5.69 Å². The molecule has 0 aliphatic rings. The number of sulfonamides is 1. The molecule has 0 aliphatic heterocycles. The van der Waals surface area contributed by atoms with Crippen molar-refractivity contribution in [3.05, 3.63) is 59.9 Å². The van der Waals surface area contributed by atoms with Gasteiger partial charge in [-0.25, -0.2) is 12.8 Å². The quantitative estimate of drug-likeness (QED) is 0.673. The van der Waals surface area contributed by atoms with Crippen LogP contribution in [0.4, 0.5) is 10.1 Å². The Morgan fingerprint density at radius 1 is 1.18 bits per heavy atom. The van der Waals surface area contributed by atoms with Crippen molar-refractivity contribution in [2.45, 2.75) is 17.9 Å². The van der Waals surface area contributed by atoms with Gasteiger partial charge in [-0.1, -0.05) is 12.1 Å². The predicted molar refractivity (Wildman–Crippen MR) is 96.9 cm³/mol. The Morgan fingerprint density at radius 2 is 1.82 bits per heavy atom. The molecule has 10 heteroatoms. The molecule has 1 amide bonds. The number of hydrogen-bond acceptors (Lipinski definition) is 6. The topological polar surface area (TPSA) is 125 Å². The summed E-state index contributed by atoms with van der Waals surface area (Å²) in [5, 5.41) is 11.4. The van der Waals surface area contributed by atoms with Crippen molar-refractivity contribution in [3.8, 4) is 6.07 Å². The van der Waals surface area contributed by atoms with E-state index in [1.54, 1.807) is 6.07 Å². The highest BCUT2D eigenvalue weighted by molar-refractivity contribution is 7.89. The molecule has 0 heterocycles. The van der Waals surface area contributed by atoms with Crippen molar-refractivity contribution in [1.29, 1.82) is 5.26 Å². The number of nitrogens with one attached hydrogen (secondary N) is 2. The number of nitriles is 1. The SMILES string of the molecule is C[C@H](OC(=O)CNS(=O)(=O)c1ccccc1C#N)C(=O)Nc1ccc(F)cc1. The zero-order valence-corrected chi connectivity index (χ0v) is 15.5. The van der Waals surface area contributed by atoms with E-state index in [-0.39, 0.29) is 10.5 Å². The summed E-state index contributed by atoms with van der Waals surface area (Å²) in [6.45, 7) is 0.576. The third kappa shape index (κ3) is 5.60. The van der Waals surface area contributed by atoms with Crippen LogP contribution in [-0.2, 0) is 24.3 Å². The summed E-state index contributed by atoms with van der Waals surface area (Å²) in [6.07, 6.45) is -1.21. The molecule has 2 rings (SSSR count). The molecule has 0 radical (unpaired) electrons. The first kappa shape index (κ1) is 21.0. The van der Waals surface area contributed by atoms with Crippen molar-refractivity contribution in [2.24, 2.45) is 0 Å². The van der Waals surface area contributed by atoms with Crippen LogP contribution in [0, 0.1) is 17.1 Å². The fraction of sp³-hybridized carbons (Fsp3) is 0.167. The summed E-state index contributed by atoms with van der Waals surface area (Å²) in [5.74, 6) is -2.12. The van der Waals surface area contributed by atoms with Crippen LogP contribution < -0.4 is 10.0 Å². The molecule has 0 aromatic heterocycles. The van der Waals surface area contributed by atoms with Crippen molar-refractivity contribution in [2.75, 3.05) is 11.9 Å². The maximum atomic E-state index is 12.9. The van der Waals surface area contributed by atoms with Crippen LogP contribution in [0.25, 0.3) is 0 Å². The molecule has 28 heavy (non-hydrogen) atoms. The lowest BCUT2D eigenvalue weighted by molar-refractivity contribution is -0.151. The fourth-order valence-electron chi connectivity index (χ4n) is 2.09. The lowest BCUT2D eigenvalue weighted by atomic mass is 10.2. The Hall–Kier alpha value is -3.29. The minimum atomic E-state index is -4.12. The molecule has 0 fully saturated rings. The number of esters is 1. The van der Waals surface area contributed by atoms with E-state index >= 15 is 0 Å². The van der Waals surface area contributed by atoms with Gasteiger partial charge in [-0.2, -0.15) is 9.98 Å². The average molecular weight is 405 g/mol. The van der Waals surface area contributed by atoms with E-state index in [0.29, 0.717) is 5.69 Å². The predicted octanol–water partition coefficient (Wildman–Crippen LogP) is 1.55. The van der Waals surface area contributed by atoms with E-state index in [0.717, 1.165) is 12.1 Å². The molecule has 0 saturated heterocycles. The van der Waals surface area contributed by atoms with Crippen molar-refractivity contribution < 1.29 is 27.1 Å². The number of ether oxygens (including phenoxy) is 1. The standard InChI is InChI=1S/C18H16FN3O5S/c1-12(18(24)22-15-8-6-14(19)7-9-15)27-17(23)11-21-28(25,26)16-5-3-2-4-13(16)10-20/h2-9,12,21H,11H2,1H3,(H,22,24)/t12-/m0/s1. The van der Waals surface area contributed by atoms with Gasteiger partial charge in [-0.15, -0.1) is 0 Å². The number of rotatable bonds is 7. The first-order chi connectivity index (χ1) is 13.2. The number of benzene rings is 2. The maximum Gasteiger partial charge on any atom is 0.321 e. The molecule has 0 spiro atoms. The number of nitrogens with zero attached hydrogens (tertiary/aromatic N) is 1. The number of amides is 1. The molecule has 0 unspecified atom stereocenters. The highest BCUT2D eigenvalue weighted by Gasteiger charge is 2.22. The minimum Gasteiger partial charge on any atom is -0.452 e. The van der Waals surface area contributed by atoms with Crippen LogP contribution in [0.1, 0.15) is 12.5 Å². The number of anilines is 1. The Labute approximate surface area is 161 Å². The largest absolute Gasteiger partial charge is 0.452 e. The van der Waals surface area contributed by atoms with Crippen molar-refractivity contribution in [3.63, 3.8) is 0 Å². The van der Waals surface area contributed by atoms with E-state index in [9.17, 15) is 22.4 Å². The van der Waals surface area contributed by atoms with Crippen LogP contribution in [-0.4, -0.2) is 32.9 Å². The second-order valence-electron chi connectivity index (χ2n) is 5.56. The second-order valence-corrected chi connectivity index (χ2v) is 7.30. The lowest BCUT2D eigenvalue weighted by Gasteiger charge is -2.14. The summed E-state index contributed by atoms with van der Waals surface area (Å²) < 4.78 is 44.2. The molecule has 2 aromatic carbocycles. The van der Waals surface area contributed by atoms with E-state index in [4.69, 9.17) is 10.00 Å². The van der Waals surface area contributed by atoms with Gasteiger partial charge in [0.05, 0.1) is 10.5 Å². The average Bonchev–Trinajstić information content (AvgIpc) is 2.68. The molecular formula is C18H16FN3O5S. The number of hydrogen-bond donors (Lipinski definition) is 2. The molecule has 8 nitrogen and oxygen atoms in total. The summed E-state index contributed by atoms with van der Waals surface area (Å²) in [6, 6.07) is 12.2. The van der Waals surface area contributed by atoms with Gasteiger partial charge in [-0.05, 0) is 43.3 Å². The fourth-order valence-corrected chi connectivity index (χ4v) is 3.22. The first-order valence-electron chi connectivity index (χ1n) is 7.97. The van der Waals surface area contributed by atoms with E-state index in [1.807, 2.05) is 4.72 Å². The summed E-state index contributed by atoms with van der Waals surface area (Å²) in [7, 11) is -4.12. The summed E-state index contributed by atoms with van der Waals surface area (Å²) >= 11 is 0. The van der Waals surface area contributed by atoms with Crippen LogP contribution >= 0.6 is 0 Å². The molecule has 1 atom stereocenters. The normalized spacial score (nSPS) is 11.9. The molecule has 0 saturated carbocycles. The van der Waals surface area contributed by atoms with Crippen LogP contribution in [0.2, 0.25) is 0 Å². The molecule has 0 aliphatic carbocycles. The lowest BCUT2D eigenvalue weighted by Crippen LogP contribution is -2.36. The van der Waals surface area contributed by atoms with Gasteiger partial charge in [0.15, 0.2) is 6.10 Å². The van der Waals surface area contributed by atoms with Crippen LogP contribution in [0.3, 0.4) is 0 Å². The molecule has 146 valence electrons. The number of halogens is 1. The van der Waals surface area contributed by atoms with Gasteiger partial charge in [0.1, 0.15) is 18.4 Å². The number of carbonyl (C=O) groups is 2. The maximum absolute atomic E-state index is 12.9. The van der Waals surface area contributed by atoms with E-state index < -0.39 is 40.4 Å². The Bertz CT molecular complexity index is 1020. The molecule has 2 aromatic rings. The number of carbonyl (C=O) groups excluding carboxylic acids is 2. The zero-order valence-electron chi connectivity index (χ0n) is 14.7. The van der Waals surface area contributed by atoms with E-state index in [1.165, 1.54) is 43.3 Å². The van der Waals surface area contributed by atoms with Crippen LogP contribution in [0.15, 0.2) is 53.4 Å². The van der Waals surface area contributed by atoms with Crippen molar-refractivity contribution in [1.82, 2.24) is 4.72 Å². The van der Waals surface area contributed by atoms with Gasteiger partial charge < -0.3 is 10.1 Å². The van der Waals surface area contributed by atoms with Gasteiger partial charge in [0.25, 0.3) is 5.91 Å². The molecule has 2 N–H and O–H groups in total. The second kappa shape index (κ2) is 9.07. The van der Waals surface area contributed by atoms with Crippen molar-refractivity contribution >= 4 is 27.6 Å². The van der Waals surface area contributed by atoms with Crippen LogP contribution in [0.5, 0.6) is 0 Å². The Kier molecular flexibility index (Phi) is 6.81. The van der Waals surface area contributed by atoms with Gasteiger partial charge in [-0.3, -0.25) is 9.59 Å². The monoisotopic (exact) mass is 405 g/mol. The highest BCUT2D eigenvalue weighted by Crippen LogP contribution is 2.14. The highest BCUT2D eigenvalue weighted by atomic mass is 32.2. The molecular weight excluding hydrogens is 389 g/mol. The van der Waals surface area contributed by atoms with Gasteiger partial charge >= 0.3 is 5.97 Å². The minimum absolute atomic E-state index is 0.0737. The smallest absolute Gasteiger partial charge is 0.321 e. The first-order valence-corrected chi connectivity index (χ1v) is 9.46. The summed E-state index contributed by atoms with van der Waals surface area (Å²) in [5.41, 5.74) is 0.235. The Balaban J connectivity index is 1.91. The molecule has 0 bridgehead atoms. The van der Waals surface area contributed by atoms with Gasteiger partial charge in [0.2, 0.25) is 10.0 Å². The third-order valence-corrected chi connectivity index (χ3v) is 4.95. The third-order valence-electron chi connectivity index (χ3n) is 3.49. The van der Waals surface area contributed by atoms with E-state index in [2.05, 4.69) is 5.32 Å². The zero-order chi connectivity index (χ0) is 20.7. The Morgan fingerprint density at radius 3 is 2.46 bits per heavy atom. The summed E-state index contributed by atoms with van der Waals surface area (Å²) in [4.78, 5) is 23.6.